The van der Waals surface area contributed by atoms with Crippen LogP contribution < -0.4 is 5.32 Å². The zero-order valence-electron chi connectivity index (χ0n) is 11.4. The number of anilines is 1. The van der Waals surface area contributed by atoms with Crippen LogP contribution in [-0.4, -0.2) is 29.8 Å². The van der Waals surface area contributed by atoms with Crippen LogP contribution in [0.1, 0.15) is 5.56 Å². The smallest absolute Gasteiger partial charge is 0.313 e. The van der Waals surface area contributed by atoms with E-state index in [2.05, 4.69) is 18.5 Å². The summed E-state index contributed by atoms with van der Waals surface area (Å²) in [5.74, 6) is -1.35. The summed E-state index contributed by atoms with van der Waals surface area (Å²) in [6.07, 6.45) is 3.11. The molecule has 0 saturated carbocycles. The van der Waals surface area contributed by atoms with Crippen LogP contribution in [0.3, 0.4) is 0 Å². The Kier molecular flexibility index (Phi) is 6.00. The Morgan fingerprint density at radius 3 is 2.40 bits per heavy atom. The summed E-state index contributed by atoms with van der Waals surface area (Å²) in [4.78, 5) is 25.2. The van der Waals surface area contributed by atoms with E-state index in [1.165, 1.54) is 4.90 Å². The predicted octanol–water partition coefficient (Wildman–Crippen LogP) is 2.79. The number of carbonyl (C=O) groups excluding carboxylic acids is 2. The van der Waals surface area contributed by atoms with Crippen LogP contribution in [0, 0.1) is 6.92 Å². The first-order valence-corrected chi connectivity index (χ1v) is 6.45. The van der Waals surface area contributed by atoms with E-state index in [0.29, 0.717) is 10.7 Å². The van der Waals surface area contributed by atoms with Gasteiger partial charge in [-0.3, -0.25) is 9.59 Å². The molecule has 0 heterocycles. The number of hydrogen-bond donors (Lipinski definition) is 1. The molecule has 1 N–H and O–H groups in total. The van der Waals surface area contributed by atoms with Crippen molar-refractivity contribution in [3.63, 3.8) is 0 Å². The average molecular weight is 293 g/mol. The fourth-order valence-electron chi connectivity index (χ4n) is 1.55. The maximum atomic E-state index is 12.0. The molecule has 0 bridgehead atoms. The molecule has 20 heavy (non-hydrogen) atoms. The predicted molar refractivity (Wildman–Crippen MR) is 81.8 cm³/mol. The minimum Gasteiger partial charge on any atom is -0.327 e. The lowest BCUT2D eigenvalue weighted by Gasteiger charge is -2.18. The van der Waals surface area contributed by atoms with E-state index in [1.54, 1.807) is 30.4 Å². The first-order chi connectivity index (χ1) is 9.49. The number of nitrogens with one attached hydrogen (secondary N) is 1. The van der Waals surface area contributed by atoms with Gasteiger partial charge in [-0.1, -0.05) is 29.8 Å². The summed E-state index contributed by atoms with van der Waals surface area (Å²) in [7, 11) is 0. The average Bonchev–Trinajstić information content (AvgIpc) is 2.42. The van der Waals surface area contributed by atoms with E-state index in [1.807, 2.05) is 6.92 Å². The second-order valence-corrected chi connectivity index (χ2v) is 4.61. The molecule has 0 saturated heterocycles. The molecule has 0 aliphatic rings. The van der Waals surface area contributed by atoms with Crippen molar-refractivity contribution in [2.45, 2.75) is 6.92 Å². The monoisotopic (exact) mass is 292 g/mol. The van der Waals surface area contributed by atoms with Gasteiger partial charge in [-0.05, 0) is 24.6 Å². The third-order valence-corrected chi connectivity index (χ3v) is 3.02. The van der Waals surface area contributed by atoms with Gasteiger partial charge in [-0.15, -0.1) is 13.2 Å². The molecule has 0 radical (unpaired) electrons. The number of aryl methyl sites for hydroxylation is 1. The molecular formula is C15H17ClN2O2. The molecule has 0 aliphatic carbocycles. The van der Waals surface area contributed by atoms with Gasteiger partial charge < -0.3 is 10.2 Å². The van der Waals surface area contributed by atoms with Gasteiger partial charge in [0, 0.05) is 23.8 Å². The molecule has 2 amide bonds. The summed E-state index contributed by atoms with van der Waals surface area (Å²) in [6.45, 7) is 9.53. The van der Waals surface area contributed by atoms with Crippen LogP contribution in [0.15, 0.2) is 43.5 Å². The molecular weight excluding hydrogens is 276 g/mol. The van der Waals surface area contributed by atoms with Crippen molar-refractivity contribution in [3.8, 4) is 0 Å². The third-order valence-electron chi connectivity index (χ3n) is 2.61. The van der Waals surface area contributed by atoms with E-state index in [-0.39, 0.29) is 13.1 Å². The van der Waals surface area contributed by atoms with Crippen LogP contribution in [-0.2, 0) is 9.59 Å². The molecule has 0 aliphatic heterocycles. The van der Waals surface area contributed by atoms with Crippen LogP contribution in [0.4, 0.5) is 5.69 Å². The Morgan fingerprint density at radius 2 is 1.90 bits per heavy atom. The van der Waals surface area contributed by atoms with E-state index >= 15 is 0 Å². The van der Waals surface area contributed by atoms with Crippen molar-refractivity contribution in [2.75, 3.05) is 18.4 Å². The molecule has 5 heteroatoms. The molecule has 1 rings (SSSR count). The van der Waals surface area contributed by atoms with Gasteiger partial charge in [0.05, 0.1) is 0 Å². The quantitative estimate of drug-likeness (QED) is 0.670. The van der Waals surface area contributed by atoms with Crippen LogP contribution in [0.25, 0.3) is 0 Å². The molecule has 0 fully saturated rings. The summed E-state index contributed by atoms with van der Waals surface area (Å²) in [6, 6.07) is 5.07. The Bertz CT molecular complexity index is 531. The number of nitrogens with zero attached hydrogens (tertiary/aromatic N) is 1. The van der Waals surface area contributed by atoms with Gasteiger partial charge in [0.2, 0.25) is 0 Å². The summed E-state index contributed by atoms with van der Waals surface area (Å²) in [5.41, 5.74) is 1.38. The highest BCUT2D eigenvalue weighted by Gasteiger charge is 2.20. The lowest BCUT2D eigenvalue weighted by atomic mass is 10.2. The maximum absolute atomic E-state index is 12.0. The number of rotatable bonds is 5. The summed E-state index contributed by atoms with van der Waals surface area (Å²) in [5, 5.41) is 3.06. The lowest BCUT2D eigenvalue weighted by Crippen LogP contribution is -2.39. The molecule has 0 aromatic heterocycles. The van der Waals surface area contributed by atoms with Gasteiger partial charge in [0.1, 0.15) is 0 Å². The van der Waals surface area contributed by atoms with Crippen molar-refractivity contribution in [1.29, 1.82) is 0 Å². The maximum Gasteiger partial charge on any atom is 0.313 e. The third kappa shape index (κ3) is 4.24. The Balaban J connectivity index is 2.77. The number of amides is 2. The molecule has 4 nitrogen and oxygen atoms in total. The van der Waals surface area contributed by atoms with Crippen LogP contribution >= 0.6 is 11.6 Å². The molecule has 1 aromatic rings. The fourth-order valence-corrected chi connectivity index (χ4v) is 1.73. The van der Waals surface area contributed by atoms with Crippen molar-refractivity contribution in [2.24, 2.45) is 0 Å². The standard InChI is InChI=1S/C15H17ClN2O2/c1-4-8-18(9-5-2)15(20)14(19)17-12-7-6-11(3)13(16)10-12/h4-7,10H,1-2,8-9H2,3H3,(H,17,19). The summed E-state index contributed by atoms with van der Waals surface area (Å²) < 4.78 is 0. The number of benzene rings is 1. The zero-order valence-corrected chi connectivity index (χ0v) is 12.1. The van der Waals surface area contributed by atoms with Gasteiger partial charge in [0.25, 0.3) is 0 Å². The van der Waals surface area contributed by atoms with Gasteiger partial charge in [0.15, 0.2) is 0 Å². The van der Waals surface area contributed by atoms with Crippen molar-refractivity contribution >= 4 is 29.1 Å². The van der Waals surface area contributed by atoms with Crippen molar-refractivity contribution in [3.05, 3.63) is 54.1 Å². The van der Waals surface area contributed by atoms with Gasteiger partial charge in [-0.2, -0.15) is 0 Å². The van der Waals surface area contributed by atoms with E-state index < -0.39 is 11.8 Å². The first-order valence-electron chi connectivity index (χ1n) is 6.07. The van der Waals surface area contributed by atoms with Crippen molar-refractivity contribution < 1.29 is 9.59 Å². The van der Waals surface area contributed by atoms with Crippen LogP contribution in [0.2, 0.25) is 5.02 Å². The fraction of sp³-hybridized carbons (Fsp3) is 0.200. The van der Waals surface area contributed by atoms with Gasteiger partial charge in [-0.25, -0.2) is 0 Å². The number of carbonyl (C=O) groups is 2. The largest absolute Gasteiger partial charge is 0.327 e. The topological polar surface area (TPSA) is 49.4 Å². The van der Waals surface area contributed by atoms with E-state index in [4.69, 9.17) is 11.6 Å². The first kappa shape index (κ1) is 16.0. The highest BCUT2D eigenvalue weighted by molar-refractivity contribution is 6.39. The van der Waals surface area contributed by atoms with Crippen molar-refractivity contribution in [1.82, 2.24) is 4.90 Å². The zero-order chi connectivity index (χ0) is 15.1. The van der Waals surface area contributed by atoms with E-state index in [9.17, 15) is 9.59 Å². The molecule has 0 spiro atoms. The Hall–Kier alpha value is -2.07. The molecule has 0 atom stereocenters. The Labute approximate surface area is 123 Å². The highest BCUT2D eigenvalue weighted by Crippen LogP contribution is 2.19. The Morgan fingerprint density at radius 1 is 1.30 bits per heavy atom. The number of halogens is 1. The minimum atomic E-state index is -0.714. The molecule has 106 valence electrons. The highest BCUT2D eigenvalue weighted by atomic mass is 35.5. The second-order valence-electron chi connectivity index (χ2n) is 4.21. The second kappa shape index (κ2) is 7.50. The lowest BCUT2D eigenvalue weighted by molar-refractivity contribution is -0.142. The van der Waals surface area contributed by atoms with Crippen LogP contribution in [0.5, 0.6) is 0 Å². The SMILES string of the molecule is C=CCN(CC=C)C(=O)C(=O)Nc1ccc(C)c(Cl)c1. The molecule has 0 unspecified atom stereocenters. The van der Waals surface area contributed by atoms with E-state index in [0.717, 1.165) is 5.56 Å². The number of hydrogen-bond acceptors (Lipinski definition) is 2. The van der Waals surface area contributed by atoms with Gasteiger partial charge >= 0.3 is 11.8 Å². The molecule has 1 aromatic carbocycles. The summed E-state index contributed by atoms with van der Waals surface area (Å²) >= 11 is 5.97. The normalized spacial score (nSPS) is 9.70. The minimum absolute atomic E-state index is 0.285.